The lowest BCUT2D eigenvalue weighted by molar-refractivity contribution is 0.387. The summed E-state index contributed by atoms with van der Waals surface area (Å²) < 4.78 is 0. The zero-order chi connectivity index (χ0) is 13.6. The molecule has 2 fully saturated rings. The lowest BCUT2D eigenvalue weighted by atomic mass is 9.97. The molecule has 0 aromatic rings. The van der Waals surface area contributed by atoms with Gasteiger partial charge in [0.25, 0.3) is 0 Å². The SMILES string of the molecule is CC1(C)CC1CNC1CCCCCCCCCCC1. The molecule has 0 aliphatic heterocycles. The molecule has 0 amide bonds. The highest BCUT2D eigenvalue weighted by Gasteiger charge is 2.44. The minimum Gasteiger partial charge on any atom is -0.314 e. The average molecular weight is 265 g/mol. The normalized spacial score (nSPS) is 30.3. The third-order valence-corrected chi connectivity index (χ3v) is 5.48. The van der Waals surface area contributed by atoms with Crippen molar-refractivity contribution < 1.29 is 0 Å². The first kappa shape index (κ1) is 15.4. The van der Waals surface area contributed by atoms with E-state index < -0.39 is 0 Å². The largest absolute Gasteiger partial charge is 0.314 e. The zero-order valence-corrected chi connectivity index (χ0v) is 13.3. The number of rotatable bonds is 3. The van der Waals surface area contributed by atoms with E-state index in [1.807, 2.05) is 0 Å². The van der Waals surface area contributed by atoms with E-state index in [0.29, 0.717) is 5.41 Å². The van der Waals surface area contributed by atoms with Gasteiger partial charge in [-0.15, -0.1) is 0 Å². The lowest BCUT2D eigenvalue weighted by Crippen LogP contribution is -2.31. The van der Waals surface area contributed by atoms with E-state index in [1.54, 1.807) is 0 Å². The fourth-order valence-corrected chi connectivity index (χ4v) is 3.60. The van der Waals surface area contributed by atoms with Gasteiger partial charge in [0.05, 0.1) is 0 Å². The van der Waals surface area contributed by atoms with Gasteiger partial charge in [-0.2, -0.15) is 0 Å². The van der Waals surface area contributed by atoms with Crippen molar-refractivity contribution in [1.29, 1.82) is 0 Å². The molecule has 0 saturated heterocycles. The first-order valence-corrected chi connectivity index (χ1v) is 8.92. The molecule has 0 aromatic carbocycles. The van der Waals surface area contributed by atoms with E-state index in [9.17, 15) is 0 Å². The molecule has 0 spiro atoms. The predicted octanol–water partition coefficient (Wildman–Crippen LogP) is 5.30. The standard InChI is InChI=1S/C18H35N/c1-18(2)14-16(18)15-19-17-12-10-8-6-4-3-5-7-9-11-13-17/h16-17,19H,3-15H2,1-2H3. The van der Waals surface area contributed by atoms with E-state index in [4.69, 9.17) is 0 Å². The summed E-state index contributed by atoms with van der Waals surface area (Å²) in [5.41, 5.74) is 0.637. The highest BCUT2D eigenvalue weighted by atomic mass is 14.9. The highest BCUT2D eigenvalue weighted by Crippen LogP contribution is 2.51. The molecule has 2 aliphatic rings. The molecule has 1 N–H and O–H groups in total. The van der Waals surface area contributed by atoms with Gasteiger partial charge < -0.3 is 5.32 Å². The van der Waals surface area contributed by atoms with E-state index in [0.717, 1.165) is 12.0 Å². The van der Waals surface area contributed by atoms with E-state index in [-0.39, 0.29) is 0 Å². The van der Waals surface area contributed by atoms with Gasteiger partial charge in [0.2, 0.25) is 0 Å². The minimum atomic E-state index is 0.637. The third-order valence-electron chi connectivity index (χ3n) is 5.48. The molecule has 19 heavy (non-hydrogen) atoms. The van der Waals surface area contributed by atoms with Gasteiger partial charge in [0.15, 0.2) is 0 Å². The van der Waals surface area contributed by atoms with Crippen molar-refractivity contribution in [3.63, 3.8) is 0 Å². The van der Waals surface area contributed by atoms with Gasteiger partial charge in [-0.1, -0.05) is 71.6 Å². The summed E-state index contributed by atoms with van der Waals surface area (Å²) in [5.74, 6) is 0.953. The number of nitrogens with one attached hydrogen (secondary N) is 1. The van der Waals surface area contributed by atoms with Crippen LogP contribution in [0.2, 0.25) is 0 Å². The summed E-state index contributed by atoms with van der Waals surface area (Å²) >= 11 is 0. The van der Waals surface area contributed by atoms with Crippen LogP contribution in [0, 0.1) is 11.3 Å². The Bertz CT molecular complexity index is 234. The van der Waals surface area contributed by atoms with Crippen LogP contribution < -0.4 is 5.32 Å². The summed E-state index contributed by atoms with van der Waals surface area (Å²) in [4.78, 5) is 0. The van der Waals surface area contributed by atoms with Crippen LogP contribution in [0.3, 0.4) is 0 Å². The molecule has 1 unspecified atom stereocenters. The van der Waals surface area contributed by atoms with E-state index in [2.05, 4.69) is 19.2 Å². The Hall–Kier alpha value is -0.0400. The smallest absolute Gasteiger partial charge is 0.00671 e. The number of hydrogen-bond acceptors (Lipinski definition) is 1. The predicted molar refractivity (Wildman–Crippen MR) is 84.5 cm³/mol. The molecule has 0 radical (unpaired) electrons. The maximum Gasteiger partial charge on any atom is 0.00671 e. The fourth-order valence-electron chi connectivity index (χ4n) is 3.60. The molecule has 2 saturated carbocycles. The summed E-state index contributed by atoms with van der Waals surface area (Å²) in [6.07, 6.45) is 17.5. The van der Waals surface area contributed by atoms with Crippen molar-refractivity contribution in [2.24, 2.45) is 11.3 Å². The van der Waals surface area contributed by atoms with Crippen molar-refractivity contribution in [1.82, 2.24) is 5.32 Å². The van der Waals surface area contributed by atoms with Gasteiger partial charge in [0, 0.05) is 6.04 Å². The van der Waals surface area contributed by atoms with Crippen LogP contribution in [0.5, 0.6) is 0 Å². The molecule has 0 bridgehead atoms. The van der Waals surface area contributed by atoms with Gasteiger partial charge in [0.1, 0.15) is 0 Å². The van der Waals surface area contributed by atoms with E-state index >= 15 is 0 Å². The van der Waals surface area contributed by atoms with Crippen molar-refractivity contribution in [3.8, 4) is 0 Å². The summed E-state index contributed by atoms with van der Waals surface area (Å²) in [5, 5.41) is 3.89. The maximum absolute atomic E-state index is 3.89. The van der Waals surface area contributed by atoms with Crippen molar-refractivity contribution in [3.05, 3.63) is 0 Å². The van der Waals surface area contributed by atoms with Crippen LogP contribution in [-0.2, 0) is 0 Å². The second kappa shape index (κ2) is 7.67. The molecule has 0 aromatic heterocycles. The molecule has 2 rings (SSSR count). The average Bonchev–Trinajstić information content (AvgIpc) is 2.96. The van der Waals surface area contributed by atoms with Crippen LogP contribution in [0.4, 0.5) is 0 Å². The quantitative estimate of drug-likeness (QED) is 0.730. The Balaban J connectivity index is 1.66. The summed E-state index contributed by atoms with van der Waals surface area (Å²) in [7, 11) is 0. The second-order valence-electron chi connectivity index (χ2n) is 7.75. The second-order valence-corrected chi connectivity index (χ2v) is 7.75. The van der Waals surface area contributed by atoms with Gasteiger partial charge in [-0.25, -0.2) is 0 Å². The van der Waals surface area contributed by atoms with Crippen LogP contribution in [0.25, 0.3) is 0 Å². The van der Waals surface area contributed by atoms with Crippen molar-refractivity contribution in [2.75, 3.05) is 6.54 Å². The lowest BCUT2D eigenvalue weighted by Gasteiger charge is -2.20. The third kappa shape index (κ3) is 5.85. The maximum atomic E-state index is 3.89. The monoisotopic (exact) mass is 265 g/mol. The Morgan fingerprint density at radius 3 is 1.63 bits per heavy atom. The van der Waals surface area contributed by atoms with Crippen LogP contribution in [0.1, 0.15) is 90.9 Å². The van der Waals surface area contributed by atoms with Gasteiger partial charge in [-0.05, 0) is 37.1 Å². The first-order chi connectivity index (χ1) is 9.18. The van der Waals surface area contributed by atoms with Crippen LogP contribution in [-0.4, -0.2) is 12.6 Å². The molecule has 1 heteroatoms. The topological polar surface area (TPSA) is 12.0 Å². The summed E-state index contributed by atoms with van der Waals surface area (Å²) in [6.45, 7) is 6.11. The molecule has 0 heterocycles. The van der Waals surface area contributed by atoms with Crippen molar-refractivity contribution in [2.45, 2.75) is 96.9 Å². The molecule has 2 aliphatic carbocycles. The Labute approximate surface area is 120 Å². The van der Waals surface area contributed by atoms with Crippen molar-refractivity contribution >= 4 is 0 Å². The Morgan fingerprint density at radius 1 is 0.789 bits per heavy atom. The van der Waals surface area contributed by atoms with Crippen LogP contribution >= 0.6 is 0 Å². The van der Waals surface area contributed by atoms with Gasteiger partial charge in [-0.3, -0.25) is 0 Å². The molecule has 112 valence electrons. The fraction of sp³-hybridized carbons (Fsp3) is 1.00. The Kier molecular flexibility index (Phi) is 6.19. The first-order valence-electron chi connectivity index (χ1n) is 8.92. The molecule has 1 nitrogen and oxygen atoms in total. The van der Waals surface area contributed by atoms with Crippen LogP contribution in [0.15, 0.2) is 0 Å². The van der Waals surface area contributed by atoms with E-state index in [1.165, 1.54) is 83.6 Å². The zero-order valence-electron chi connectivity index (χ0n) is 13.3. The molecular weight excluding hydrogens is 230 g/mol. The molecular formula is C18H35N. The van der Waals surface area contributed by atoms with Gasteiger partial charge >= 0.3 is 0 Å². The minimum absolute atomic E-state index is 0.637. The molecule has 1 atom stereocenters. The highest BCUT2D eigenvalue weighted by molar-refractivity contribution is 4.96. The number of hydrogen-bond donors (Lipinski definition) is 1. The Morgan fingerprint density at radius 2 is 1.21 bits per heavy atom. The summed E-state index contributed by atoms with van der Waals surface area (Å²) in [6, 6.07) is 0.816.